The van der Waals surface area contributed by atoms with Crippen molar-refractivity contribution in [1.82, 2.24) is 20.1 Å². The maximum Gasteiger partial charge on any atom is 0.140 e. The molecule has 0 unspecified atom stereocenters. The molecule has 18 heavy (non-hydrogen) atoms. The standard InChI is InChI=1S/C13H18N4O/c1-2-7-17-13(15-10-16-17)9-14-8-11-3-5-12(18)6-4-11/h3-6,10,14,18H,2,7-9H2,1H3. The molecule has 0 radical (unpaired) electrons. The number of hydrogen-bond acceptors (Lipinski definition) is 4. The topological polar surface area (TPSA) is 63.0 Å². The van der Waals surface area contributed by atoms with Crippen LogP contribution in [0.3, 0.4) is 0 Å². The maximum atomic E-state index is 9.19. The molecule has 0 saturated carbocycles. The van der Waals surface area contributed by atoms with E-state index in [9.17, 15) is 5.11 Å². The number of phenolic OH excluding ortho intramolecular Hbond substituents is 1. The minimum Gasteiger partial charge on any atom is -0.508 e. The Morgan fingerprint density at radius 2 is 2.00 bits per heavy atom. The Balaban J connectivity index is 1.84. The smallest absolute Gasteiger partial charge is 0.140 e. The third kappa shape index (κ3) is 3.30. The molecule has 0 aliphatic carbocycles. The van der Waals surface area contributed by atoms with Crippen molar-refractivity contribution in [1.29, 1.82) is 0 Å². The SMILES string of the molecule is CCCn1ncnc1CNCc1ccc(O)cc1. The van der Waals surface area contributed by atoms with Gasteiger partial charge in [0, 0.05) is 13.1 Å². The number of hydrogen-bond donors (Lipinski definition) is 2. The molecule has 96 valence electrons. The molecule has 5 heteroatoms. The van der Waals surface area contributed by atoms with Crippen molar-refractivity contribution in [3.05, 3.63) is 42.0 Å². The summed E-state index contributed by atoms with van der Waals surface area (Å²) in [6, 6.07) is 7.19. The summed E-state index contributed by atoms with van der Waals surface area (Å²) in [5.74, 6) is 1.25. The lowest BCUT2D eigenvalue weighted by atomic mass is 10.2. The van der Waals surface area contributed by atoms with Crippen LogP contribution in [-0.4, -0.2) is 19.9 Å². The number of aromatic nitrogens is 3. The van der Waals surface area contributed by atoms with Crippen LogP contribution >= 0.6 is 0 Å². The van der Waals surface area contributed by atoms with Crippen molar-refractivity contribution in [3.8, 4) is 5.75 Å². The fraction of sp³-hybridized carbons (Fsp3) is 0.385. The van der Waals surface area contributed by atoms with Gasteiger partial charge < -0.3 is 10.4 Å². The van der Waals surface area contributed by atoms with E-state index in [1.54, 1.807) is 18.5 Å². The van der Waals surface area contributed by atoms with Crippen molar-refractivity contribution in [2.24, 2.45) is 0 Å². The quantitative estimate of drug-likeness (QED) is 0.814. The van der Waals surface area contributed by atoms with E-state index >= 15 is 0 Å². The van der Waals surface area contributed by atoms with Gasteiger partial charge in [-0.2, -0.15) is 5.10 Å². The highest BCUT2D eigenvalue weighted by Crippen LogP contribution is 2.09. The summed E-state index contributed by atoms with van der Waals surface area (Å²) in [6.45, 7) is 4.46. The fourth-order valence-electron chi connectivity index (χ4n) is 1.76. The maximum absolute atomic E-state index is 9.19. The second kappa shape index (κ2) is 6.16. The second-order valence-corrected chi connectivity index (χ2v) is 4.17. The molecule has 2 aromatic rings. The lowest BCUT2D eigenvalue weighted by Crippen LogP contribution is -2.17. The van der Waals surface area contributed by atoms with Crippen LogP contribution in [0, 0.1) is 0 Å². The zero-order chi connectivity index (χ0) is 12.8. The highest BCUT2D eigenvalue weighted by molar-refractivity contribution is 5.25. The number of phenols is 1. The third-order valence-corrected chi connectivity index (χ3v) is 2.68. The molecule has 1 aromatic heterocycles. The van der Waals surface area contributed by atoms with Crippen molar-refractivity contribution in [2.45, 2.75) is 33.0 Å². The first-order chi connectivity index (χ1) is 8.79. The average Bonchev–Trinajstić information content (AvgIpc) is 2.80. The molecule has 0 amide bonds. The van der Waals surface area contributed by atoms with E-state index in [0.29, 0.717) is 12.3 Å². The zero-order valence-corrected chi connectivity index (χ0v) is 10.5. The summed E-state index contributed by atoms with van der Waals surface area (Å²) >= 11 is 0. The van der Waals surface area contributed by atoms with Crippen LogP contribution < -0.4 is 5.32 Å². The first-order valence-corrected chi connectivity index (χ1v) is 6.15. The van der Waals surface area contributed by atoms with Crippen LogP contribution in [0.4, 0.5) is 0 Å². The van der Waals surface area contributed by atoms with Gasteiger partial charge in [0.05, 0.1) is 6.54 Å². The molecular weight excluding hydrogens is 228 g/mol. The van der Waals surface area contributed by atoms with Crippen LogP contribution in [0.25, 0.3) is 0 Å². The summed E-state index contributed by atoms with van der Waals surface area (Å²) in [4.78, 5) is 4.23. The molecule has 1 aromatic carbocycles. The Hall–Kier alpha value is -1.88. The van der Waals surface area contributed by atoms with Gasteiger partial charge in [-0.05, 0) is 24.1 Å². The Morgan fingerprint density at radius 1 is 1.22 bits per heavy atom. The number of rotatable bonds is 6. The highest BCUT2D eigenvalue weighted by Gasteiger charge is 2.02. The van der Waals surface area contributed by atoms with Crippen molar-refractivity contribution >= 4 is 0 Å². The molecule has 5 nitrogen and oxygen atoms in total. The molecule has 0 spiro atoms. The van der Waals surface area contributed by atoms with E-state index in [-0.39, 0.29) is 0 Å². The van der Waals surface area contributed by atoms with Crippen LogP contribution in [0.2, 0.25) is 0 Å². The van der Waals surface area contributed by atoms with Gasteiger partial charge in [0.1, 0.15) is 17.9 Å². The summed E-state index contributed by atoms with van der Waals surface area (Å²) in [5, 5.41) is 16.7. The largest absolute Gasteiger partial charge is 0.508 e. The summed E-state index contributed by atoms with van der Waals surface area (Å²) in [7, 11) is 0. The Labute approximate surface area is 106 Å². The van der Waals surface area contributed by atoms with E-state index in [1.165, 1.54) is 0 Å². The molecule has 0 aliphatic rings. The van der Waals surface area contributed by atoms with Crippen LogP contribution in [0.1, 0.15) is 24.7 Å². The van der Waals surface area contributed by atoms with Crippen molar-refractivity contribution in [2.75, 3.05) is 0 Å². The number of nitrogens with zero attached hydrogens (tertiary/aromatic N) is 3. The molecular formula is C13H18N4O. The van der Waals surface area contributed by atoms with E-state index < -0.39 is 0 Å². The third-order valence-electron chi connectivity index (χ3n) is 2.68. The molecule has 0 atom stereocenters. The minimum atomic E-state index is 0.293. The number of benzene rings is 1. The first-order valence-electron chi connectivity index (χ1n) is 6.15. The first kappa shape index (κ1) is 12.6. The summed E-state index contributed by atoms with van der Waals surface area (Å²) in [5.41, 5.74) is 1.13. The molecule has 2 N–H and O–H groups in total. The fourth-order valence-corrected chi connectivity index (χ4v) is 1.76. The summed E-state index contributed by atoms with van der Waals surface area (Å²) in [6.07, 6.45) is 2.64. The second-order valence-electron chi connectivity index (χ2n) is 4.17. The molecule has 0 fully saturated rings. The van der Waals surface area contributed by atoms with Crippen molar-refractivity contribution < 1.29 is 5.11 Å². The number of aromatic hydroxyl groups is 1. The molecule has 0 aliphatic heterocycles. The van der Waals surface area contributed by atoms with Crippen LogP contribution in [0.15, 0.2) is 30.6 Å². The number of nitrogens with one attached hydrogen (secondary N) is 1. The van der Waals surface area contributed by atoms with Gasteiger partial charge in [-0.15, -0.1) is 0 Å². The molecule has 1 heterocycles. The predicted octanol–water partition coefficient (Wildman–Crippen LogP) is 1.68. The predicted molar refractivity (Wildman–Crippen MR) is 69.0 cm³/mol. The molecule has 0 saturated heterocycles. The van der Waals surface area contributed by atoms with Gasteiger partial charge >= 0.3 is 0 Å². The lowest BCUT2D eigenvalue weighted by Gasteiger charge is -2.06. The van der Waals surface area contributed by atoms with Gasteiger partial charge in [-0.25, -0.2) is 9.67 Å². The summed E-state index contributed by atoms with van der Waals surface area (Å²) < 4.78 is 1.92. The van der Waals surface area contributed by atoms with E-state index in [2.05, 4.69) is 22.3 Å². The van der Waals surface area contributed by atoms with Crippen LogP contribution in [-0.2, 0) is 19.6 Å². The zero-order valence-electron chi connectivity index (χ0n) is 10.5. The Morgan fingerprint density at radius 3 is 2.72 bits per heavy atom. The monoisotopic (exact) mass is 246 g/mol. The Kier molecular flexibility index (Phi) is 4.30. The Bertz CT molecular complexity index is 478. The van der Waals surface area contributed by atoms with Gasteiger partial charge in [0.15, 0.2) is 0 Å². The van der Waals surface area contributed by atoms with Gasteiger partial charge in [-0.3, -0.25) is 0 Å². The van der Waals surface area contributed by atoms with E-state index in [1.807, 2.05) is 16.8 Å². The van der Waals surface area contributed by atoms with Gasteiger partial charge in [-0.1, -0.05) is 19.1 Å². The average molecular weight is 246 g/mol. The van der Waals surface area contributed by atoms with E-state index in [0.717, 1.165) is 30.9 Å². The highest BCUT2D eigenvalue weighted by atomic mass is 16.3. The van der Waals surface area contributed by atoms with Gasteiger partial charge in [0.2, 0.25) is 0 Å². The minimum absolute atomic E-state index is 0.293. The molecule has 2 rings (SSSR count). The van der Waals surface area contributed by atoms with Gasteiger partial charge in [0.25, 0.3) is 0 Å². The van der Waals surface area contributed by atoms with Crippen molar-refractivity contribution in [3.63, 3.8) is 0 Å². The molecule has 0 bridgehead atoms. The lowest BCUT2D eigenvalue weighted by molar-refractivity contribution is 0.475. The number of aryl methyl sites for hydroxylation is 1. The van der Waals surface area contributed by atoms with Crippen LogP contribution in [0.5, 0.6) is 5.75 Å². The van der Waals surface area contributed by atoms with E-state index in [4.69, 9.17) is 0 Å². The normalized spacial score (nSPS) is 10.7.